The molecule has 0 aliphatic carbocycles. The zero-order chi connectivity index (χ0) is 24.4. The van der Waals surface area contributed by atoms with Crippen LogP contribution in [0.1, 0.15) is 25.8 Å². The number of hydrogen-bond acceptors (Lipinski definition) is 8. The monoisotopic (exact) mass is 472 g/mol. The number of esters is 3. The summed E-state index contributed by atoms with van der Waals surface area (Å²) in [5.74, 6) is -2.93. The predicted molar refractivity (Wildman–Crippen MR) is 105 cm³/mol. The Bertz CT molecular complexity index is 916. The summed E-state index contributed by atoms with van der Waals surface area (Å²) in [6.45, 7) is 2.87. The highest BCUT2D eigenvalue weighted by molar-refractivity contribution is 5.83. The molecule has 3 rings (SSSR count). The number of benzene rings is 1. The molecule has 1 aromatic carbocycles. The minimum atomic E-state index is -5.14. The van der Waals surface area contributed by atoms with Crippen molar-refractivity contribution in [2.24, 2.45) is 0 Å². The van der Waals surface area contributed by atoms with Crippen molar-refractivity contribution in [1.29, 1.82) is 0 Å². The zero-order valence-electron chi connectivity index (χ0n) is 18.0. The van der Waals surface area contributed by atoms with Crippen molar-refractivity contribution in [3.8, 4) is 0 Å². The average molecular weight is 472 g/mol. The summed E-state index contributed by atoms with van der Waals surface area (Å²) in [4.78, 5) is 36.1. The van der Waals surface area contributed by atoms with Crippen molar-refractivity contribution in [3.05, 3.63) is 48.0 Å². The summed E-state index contributed by atoms with van der Waals surface area (Å²) < 4.78 is 68.1. The number of ether oxygens (including phenoxy) is 5. The van der Waals surface area contributed by atoms with Gasteiger partial charge in [0.05, 0.1) is 6.42 Å². The molecule has 0 N–H and O–H groups in total. The lowest BCUT2D eigenvalue weighted by Gasteiger charge is -2.35. The van der Waals surface area contributed by atoms with Crippen LogP contribution in [-0.2, 0) is 43.7 Å². The summed E-state index contributed by atoms with van der Waals surface area (Å²) in [5.41, 5.74) is -3.84. The van der Waals surface area contributed by atoms with Gasteiger partial charge in [-0.15, -0.1) is 0 Å². The van der Waals surface area contributed by atoms with Gasteiger partial charge in [-0.1, -0.05) is 30.3 Å². The molecule has 8 nitrogen and oxygen atoms in total. The van der Waals surface area contributed by atoms with Crippen molar-refractivity contribution in [3.63, 3.8) is 0 Å². The number of cyclic esters (lactones) is 2. The molecular formula is C22H23F3O8. The maximum absolute atomic E-state index is 14.1. The molecule has 0 aromatic heterocycles. The Morgan fingerprint density at radius 2 is 1.82 bits per heavy atom. The van der Waals surface area contributed by atoms with E-state index >= 15 is 0 Å². The van der Waals surface area contributed by atoms with Crippen molar-refractivity contribution < 1.29 is 51.2 Å². The van der Waals surface area contributed by atoms with Crippen LogP contribution in [0.4, 0.5) is 13.2 Å². The molecule has 0 radical (unpaired) electrons. The summed E-state index contributed by atoms with van der Waals surface area (Å²) in [5, 5.41) is 0. The Morgan fingerprint density at radius 3 is 2.39 bits per heavy atom. The van der Waals surface area contributed by atoms with Gasteiger partial charge < -0.3 is 23.7 Å². The first-order valence-electron chi connectivity index (χ1n) is 10.1. The number of alkyl halides is 3. The maximum Gasteiger partial charge on any atom is 0.432 e. The quantitative estimate of drug-likeness (QED) is 0.441. The molecule has 2 aliphatic heterocycles. The molecule has 6 atom stereocenters. The molecule has 0 saturated carbocycles. The number of halogens is 3. The number of methoxy groups -OCH3 is 1. The molecule has 1 saturated heterocycles. The van der Waals surface area contributed by atoms with Crippen LogP contribution in [0.3, 0.4) is 0 Å². The van der Waals surface area contributed by atoms with Gasteiger partial charge in [0.2, 0.25) is 0 Å². The molecule has 2 aliphatic rings. The fourth-order valence-corrected chi connectivity index (χ4v) is 3.76. The van der Waals surface area contributed by atoms with E-state index in [9.17, 15) is 27.6 Å². The molecule has 0 spiro atoms. The van der Waals surface area contributed by atoms with Crippen LogP contribution in [0, 0.1) is 0 Å². The van der Waals surface area contributed by atoms with E-state index in [0.29, 0.717) is 0 Å². The molecule has 180 valence electrons. The van der Waals surface area contributed by atoms with E-state index < -0.39 is 65.8 Å². The standard InChI is InChI=1S/C22H23F3O8/c1-12-15(9-10-17(26)30-12)32-16-11-18(27)33-19(16)13(2)31-20(28)21(29-3,22(23,24)25)14-7-5-4-6-8-14/h4-10,12-13,15-16,19H,11H2,1-3H3/t12-,13-,15-,16+,19+,21-/m0/s1. The lowest BCUT2D eigenvalue weighted by Crippen LogP contribution is -2.53. The highest BCUT2D eigenvalue weighted by atomic mass is 19.4. The lowest BCUT2D eigenvalue weighted by molar-refractivity contribution is -0.279. The van der Waals surface area contributed by atoms with Crippen molar-refractivity contribution in [2.45, 2.75) is 62.6 Å². The Balaban J connectivity index is 1.81. The summed E-state index contributed by atoms with van der Waals surface area (Å²) in [6.07, 6.45) is -7.57. The van der Waals surface area contributed by atoms with Crippen LogP contribution in [0.2, 0.25) is 0 Å². The largest absolute Gasteiger partial charge is 0.456 e. The van der Waals surface area contributed by atoms with Crippen LogP contribution < -0.4 is 0 Å². The van der Waals surface area contributed by atoms with E-state index in [4.69, 9.17) is 23.7 Å². The molecular weight excluding hydrogens is 449 g/mol. The molecule has 0 unspecified atom stereocenters. The molecule has 1 fully saturated rings. The first-order chi connectivity index (χ1) is 15.5. The number of carbonyl (C=O) groups excluding carboxylic acids is 3. The van der Waals surface area contributed by atoms with Gasteiger partial charge in [0.1, 0.15) is 24.4 Å². The van der Waals surface area contributed by atoms with E-state index in [0.717, 1.165) is 25.3 Å². The minimum Gasteiger partial charge on any atom is -0.456 e. The smallest absolute Gasteiger partial charge is 0.432 e. The first kappa shape index (κ1) is 24.7. The Kier molecular flexibility index (Phi) is 7.13. The topological polar surface area (TPSA) is 97.4 Å². The molecule has 11 heteroatoms. The summed E-state index contributed by atoms with van der Waals surface area (Å²) in [6, 6.07) is 6.36. The van der Waals surface area contributed by atoms with Gasteiger partial charge in [-0.3, -0.25) is 4.79 Å². The van der Waals surface area contributed by atoms with E-state index in [2.05, 4.69) is 0 Å². The number of hydrogen-bond donors (Lipinski definition) is 0. The van der Waals surface area contributed by atoms with Crippen molar-refractivity contribution >= 4 is 17.9 Å². The Morgan fingerprint density at radius 1 is 1.15 bits per heavy atom. The zero-order valence-corrected chi connectivity index (χ0v) is 18.0. The van der Waals surface area contributed by atoms with Gasteiger partial charge in [-0.2, -0.15) is 13.2 Å². The predicted octanol–water partition coefficient (Wildman–Crippen LogP) is 2.59. The van der Waals surface area contributed by atoms with Gasteiger partial charge in [0.25, 0.3) is 5.60 Å². The van der Waals surface area contributed by atoms with Gasteiger partial charge in [-0.05, 0) is 19.9 Å². The van der Waals surface area contributed by atoms with Crippen molar-refractivity contribution in [2.75, 3.05) is 7.11 Å². The molecule has 0 bridgehead atoms. The van der Waals surface area contributed by atoms with Gasteiger partial charge >= 0.3 is 24.1 Å². The van der Waals surface area contributed by atoms with E-state index in [1.807, 2.05) is 0 Å². The third-order valence-electron chi connectivity index (χ3n) is 5.45. The van der Waals surface area contributed by atoms with Crippen LogP contribution in [0.15, 0.2) is 42.5 Å². The Labute approximate surface area is 187 Å². The van der Waals surface area contributed by atoms with E-state index in [1.54, 1.807) is 6.92 Å². The molecule has 2 heterocycles. The second kappa shape index (κ2) is 9.52. The van der Waals surface area contributed by atoms with Crippen LogP contribution in [0.25, 0.3) is 0 Å². The van der Waals surface area contributed by atoms with Crippen LogP contribution in [0.5, 0.6) is 0 Å². The number of carbonyl (C=O) groups is 3. The van der Waals surface area contributed by atoms with Crippen LogP contribution >= 0.6 is 0 Å². The third-order valence-corrected chi connectivity index (χ3v) is 5.45. The molecule has 33 heavy (non-hydrogen) atoms. The Hall–Kier alpha value is -2.92. The van der Waals surface area contributed by atoms with Crippen LogP contribution in [-0.4, -0.2) is 61.7 Å². The number of rotatable bonds is 7. The summed E-state index contributed by atoms with van der Waals surface area (Å²) >= 11 is 0. The van der Waals surface area contributed by atoms with Gasteiger partial charge in [0, 0.05) is 18.7 Å². The fraction of sp³-hybridized carbons (Fsp3) is 0.500. The van der Waals surface area contributed by atoms with E-state index in [-0.39, 0.29) is 6.42 Å². The SMILES string of the molecule is CO[C@](C(=O)O[C@@H](C)[C@H]1OC(=O)C[C@H]1O[C@H]1C=CC(=O)O[C@H]1C)(c1ccccc1)C(F)(F)F. The summed E-state index contributed by atoms with van der Waals surface area (Å²) in [7, 11) is 0.756. The lowest BCUT2D eigenvalue weighted by atomic mass is 9.92. The van der Waals surface area contributed by atoms with E-state index in [1.165, 1.54) is 31.2 Å². The van der Waals surface area contributed by atoms with Gasteiger partial charge in [-0.25, -0.2) is 9.59 Å². The van der Waals surface area contributed by atoms with Crippen molar-refractivity contribution in [1.82, 2.24) is 0 Å². The highest BCUT2D eigenvalue weighted by Gasteiger charge is 2.64. The highest BCUT2D eigenvalue weighted by Crippen LogP contribution is 2.43. The second-order valence-corrected chi connectivity index (χ2v) is 7.66. The molecule has 0 amide bonds. The maximum atomic E-state index is 14.1. The average Bonchev–Trinajstić information content (AvgIpc) is 3.11. The fourth-order valence-electron chi connectivity index (χ4n) is 3.76. The second-order valence-electron chi connectivity index (χ2n) is 7.66. The third kappa shape index (κ3) is 4.88. The van der Waals surface area contributed by atoms with Gasteiger partial charge in [0.15, 0.2) is 6.10 Å². The molecule has 1 aromatic rings. The minimum absolute atomic E-state index is 0.217. The normalized spacial score (nSPS) is 27.9. The first-order valence-corrected chi connectivity index (χ1v) is 10.1.